The molecule has 0 spiro atoms. The van der Waals surface area contributed by atoms with Crippen LogP contribution in [0.25, 0.3) is 231 Å². The lowest BCUT2D eigenvalue weighted by Crippen LogP contribution is -2.01. The molecule has 0 aliphatic carbocycles. The lowest BCUT2D eigenvalue weighted by Gasteiger charge is -2.14. The Kier molecular flexibility index (Phi) is 14.8. The molecule has 6 aromatic heterocycles. The smallest absolute Gasteiger partial charge is 0.164 e. The van der Waals surface area contributed by atoms with Crippen molar-refractivity contribution in [3.05, 3.63) is 340 Å². The molecule has 512 valence electrons. The van der Waals surface area contributed by atoms with Gasteiger partial charge >= 0.3 is 0 Å². The van der Waals surface area contributed by atoms with E-state index in [0.717, 1.165) is 190 Å². The summed E-state index contributed by atoms with van der Waals surface area (Å²) in [4.78, 5) is 42.1. The summed E-state index contributed by atoms with van der Waals surface area (Å²) in [7, 11) is 0. The molecule has 22 aromatic rings. The third-order valence-electron chi connectivity index (χ3n) is 21.0. The number of thiazole rings is 2. The molecule has 0 N–H and O–H groups in total. The van der Waals surface area contributed by atoms with Crippen molar-refractivity contribution in [2.45, 2.75) is 0 Å². The predicted octanol–water partition coefficient (Wildman–Crippen LogP) is 26.5. The molecule has 0 radical (unpaired) electrons. The zero-order chi connectivity index (χ0) is 72.3. The van der Waals surface area contributed by atoms with E-state index in [2.05, 4.69) is 261 Å². The van der Waals surface area contributed by atoms with Gasteiger partial charge in [-0.3, -0.25) is 0 Å². The topological polar surface area (TPSA) is 129 Å². The van der Waals surface area contributed by atoms with Gasteiger partial charge < -0.3 is 8.83 Å². The molecule has 10 nitrogen and oxygen atoms in total. The fourth-order valence-electron chi connectivity index (χ4n) is 15.6. The molecular formula is C98H56N8O2S2. The first-order valence-corrected chi connectivity index (χ1v) is 38.1. The summed E-state index contributed by atoms with van der Waals surface area (Å²) in [6.45, 7) is 0. The van der Waals surface area contributed by atoms with Gasteiger partial charge in [0.2, 0.25) is 0 Å². The van der Waals surface area contributed by atoms with Crippen LogP contribution in [-0.4, -0.2) is 39.9 Å². The van der Waals surface area contributed by atoms with Crippen LogP contribution in [0, 0.1) is 0 Å². The first-order chi connectivity index (χ1) is 54.4. The molecule has 0 aliphatic heterocycles. The zero-order valence-electron chi connectivity index (χ0n) is 58.5. The number of furan rings is 2. The van der Waals surface area contributed by atoms with Crippen LogP contribution in [0.3, 0.4) is 0 Å². The fourth-order valence-corrected chi connectivity index (χ4v) is 17.7. The lowest BCUT2D eigenvalue weighted by molar-refractivity contribution is 0.669. The minimum absolute atomic E-state index is 0.553. The van der Waals surface area contributed by atoms with E-state index in [4.69, 9.17) is 48.7 Å². The highest BCUT2D eigenvalue weighted by Gasteiger charge is 2.25. The van der Waals surface area contributed by atoms with Gasteiger partial charge in [-0.2, -0.15) is 0 Å². The SMILES string of the molecule is c1ccc(-c2ccc(-c3nc4cc5oc6ccccc6c5c(-c5cc(-c6nc(-c7cccc(-c8cccc(-c9nc%10cc%11oc%12cc(-c%13ccc%14c(-c%15nc(-c%16ccccc%16)nc(-c%16ccccc%16)n%15)cccc%14c%13)ccc%12c%11cc%10s9)c8)c7)nc(-c7ccc8ccccc8c7)n6)c6ccccc6c5)c4s3)cc2)cc1. The summed E-state index contributed by atoms with van der Waals surface area (Å²) < 4.78 is 15.6. The second-order valence-corrected chi connectivity index (χ2v) is 29.8. The van der Waals surface area contributed by atoms with Crippen molar-refractivity contribution in [1.29, 1.82) is 0 Å². The number of aromatic nitrogens is 8. The van der Waals surface area contributed by atoms with Gasteiger partial charge in [-0.1, -0.05) is 267 Å². The van der Waals surface area contributed by atoms with Crippen LogP contribution in [-0.2, 0) is 0 Å². The molecule has 0 bridgehead atoms. The number of rotatable bonds is 12. The molecule has 0 saturated carbocycles. The molecule has 0 amide bonds. The van der Waals surface area contributed by atoms with Crippen molar-refractivity contribution < 1.29 is 8.83 Å². The highest BCUT2D eigenvalue weighted by atomic mass is 32.1. The predicted molar refractivity (Wildman–Crippen MR) is 452 cm³/mol. The minimum atomic E-state index is 0.553. The number of nitrogens with zero attached hydrogens (tertiary/aromatic N) is 8. The maximum absolute atomic E-state index is 6.74. The zero-order valence-corrected chi connectivity index (χ0v) is 60.2. The summed E-state index contributed by atoms with van der Waals surface area (Å²) in [5, 5.41) is 12.4. The highest BCUT2D eigenvalue weighted by molar-refractivity contribution is 7.22. The van der Waals surface area contributed by atoms with E-state index in [-0.39, 0.29) is 0 Å². The van der Waals surface area contributed by atoms with E-state index in [9.17, 15) is 0 Å². The van der Waals surface area contributed by atoms with E-state index in [1.807, 2.05) is 78.9 Å². The average Bonchev–Trinajstić information content (AvgIpc) is 1.55. The fraction of sp³-hybridized carbons (Fsp3) is 0. The van der Waals surface area contributed by atoms with Crippen molar-refractivity contribution in [1.82, 2.24) is 39.9 Å². The molecule has 12 heteroatoms. The van der Waals surface area contributed by atoms with Gasteiger partial charge in [0.05, 0.1) is 20.4 Å². The molecule has 110 heavy (non-hydrogen) atoms. The Bertz CT molecular complexity index is 7420. The number of fused-ring (bicyclic) bond motifs is 11. The Morgan fingerprint density at radius 1 is 0.209 bits per heavy atom. The quantitative estimate of drug-likeness (QED) is 0.117. The summed E-state index contributed by atoms with van der Waals surface area (Å²) in [6.07, 6.45) is 0. The van der Waals surface area contributed by atoms with E-state index in [0.29, 0.717) is 34.9 Å². The van der Waals surface area contributed by atoms with Crippen molar-refractivity contribution in [2.75, 3.05) is 0 Å². The summed E-state index contributed by atoms with van der Waals surface area (Å²) in [5.74, 6) is 3.55. The van der Waals surface area contributed by atoms with Crippen LogP contribution in [0.1, 0.15) is 0 Å². The van der Waals surface area contributed by atoms with Gasteiger partial charge in [0.15, 0.2) is 34.9 Å². The Balaban J connectivity index is 0.602. The number of hydrogen-bond donors (Lipinski definition) is 0. The van der Waals surface area contributed by atoms with Gasteiger partial charge in [-0.05, 0) is 132 Å². The second kappa shape index (κ2) is 25.7. The van der Waals surface area contributed by atoms with Gasteiger partial charge in [0.25, 0.3) is 0 Å². The van der Waals surface area contributed by atoms with Crippen LogP contribution in [0.15, 0.2) is 349 Å². The summed E-state index contributed by atoms with van der Waals surface area (Å²) in [5.41, 5.74) is 21.0. The number of benzene rings is 16. The van der Waals surface area contributed by atoms with Crippen LogP contribution in [0.2, 0.25) is 0 Å². The van der Waals surface area contributed by atoms with Gasteiger partial charge in [-0.25, -0.2) is 39.9 Å². The van der Waals surface area contributed by atoms with Crippen molar-refractivity contribution >= 4 is 119 Å². The second-order valence-electron chi connectivity index (χ2n) is 27.7. The maximum Gasteiger partial charge on any atom is 0.164 e. The molecular weight excluding hydrogens is 1390 g/mol. The van der Waals surface area contributed by atoms with Crippen LogP contribution in [0.5, 0.6) is 0 Å². The van der Waals surface area contributed by atoms with Crippen LogP contribution >= 0.6 is 22.7 Å². The van der Waals surface area contributed by atoms with E-state index < -0.39 is 0 Å². The molecule has 0 unspecified atom stereocenters. The first-order valence-electron chi connectivity index (χ1n) is 36.5. The number of hydrogen-bond acceptors (Lipinski definition) is 12. The Morgan fingerprint density at radius 2 is 0.664 bits per heavy atom. The van der Waals surface area contributed by atoms with Crippen LogP contribution < -0.4 is 0 Å². The average molecular weight is 1440 g/mol. The molecule has 0 aliphatic rings. The monoisotopic (exact) mass is 1440 g/mol. The molecule has 0 fully saturated rings. The molecule has 0 saturated heterocycles. The minimum Gasteiger partial charge on any atom is -0.456 e. The number of para-hydroxylation sites is 1. The third-order valence-corrected chi connectivity index (χ3v) is 23.2. The van der Waals surface area contributed by atoms with Gasteiger partial charge in [-0.15, -0.1) is 22.7 Å². The third kappa shape index (κ3) is 11.1. The molecule has 22 rings (SSSR count). The maximum atomic E-state index is 6.74. The summed E-state index contributed by atoms with van der Waals surface area (Å²) >= 11 is 3.39. The van der Waals surface area contributed by atoms with Gasteiger partial charge in [0.1, 0.15) is 32.3 Å². The van der Waals surface area contributed by atoms with Crippen molar-refractivity contribution in [2.24, 2.45) is 0 Å². The van der Waals surface area contributed by atoms with E-state index >= 15 is 0 Å². The molecule has 16 aromatic carbocycles. The molecule has 0 atom stereocenters. The summed E-state index contributed by atoms with van der Waals surface area (Å²) in [6, 6.07) is 119. The Hall–Kier alpha value is -14.3. The standard InChI is InChI=1S/C98H56N8O2S2/c1-4-19-57(20-5-1)59-37-40-62(41-38-59)97-100-82-56-86-89(78-34-14-15-36-83(78)107-86)88(90(82)110-97)73-51-68-27-12-13-33-74(68)80(52-73)96-105-93(102-94(106-96)71-42-39-58-21-10-11-26-63(58)48-71)70-31-16-28-64(49-70)65-29-17-32-72(50-65)98-99-81-55-85-79(54-87(81)109-98)76-46-44-67(53-84(76)108-85)66-43-45-75-69(47-66)30-18-35-77(75)95-103-91(60-22-6-2-7-23-60)101-92(104-95)61-24-8-3-9-25-61/h1-56H. The van der Waals surface area contributed by atoms with Crippen molar-refractivity contribution in [3.8, 4) is 134 Å². The van der Waals surface area contributed by atoms with Crippen molar-refractivity contribution in [3.63, 3.8) is 0 Å². The van der Waals surface area contributed by atoms with Crippen LogP contribution in [0.4, 0.5) is 0 Å². The largest absolute Gasteiger partial charge is 0.456 e. The normalized spacial score (nSPS) is 11.8. The van der Waals surface area contributed by atoms with Gasteiger partial charge in [0, 0.05) is 83.7 Å². The Labute approximate surface area is 637 Å². The first kappa shape index (κ1) is 63.0. The van der Waals surface area contributed by atoms with E-state index in [1.54, 1.807) is 22.7 Å². The molecule has 6 heterocycles. The highest BCUT2D eigenvalue weighted by Crippen LogP contribution is 2.48. The lowest BCUT2D eigenvalue weighted by atomic mass is 9.93. The Morgan fingerprint density at radius 3 is 1.41 bits per heavy atom. The van der Waals surface area contributed by atoms with E-state index in [1.165, 1.54) is 5.56 Å².